The van der Waals surface area contributed by atoms with Crippen molar-refractivity contribution in [3.05, 3.63) is 47.8 Å². The van der Waals surface area contributed by atoms with Crippen molar-refractivity contribution in [2.45, 2.75) is 57.0 Å². The van der Waals surface area contributed by atoms with Crippen LogP contribution in [0.25, 0.3) is 11.1 Å². The number of halogens is 6. The largest absolute Gasteiger partial charge is 0.490 e. The lowest BCUT2D eigenvalue weighted by atomic mass is 10.00. The second-order valence-corrected chi connectivity index (χ2v) is 9.19. The molecule has 186 valence electrons. The summed E-state index contributed by atoms with van der Waals surface area (Å²) in [6.07, 6.45) is -6.68. The van der Waals surface area contributed by atoms with Crippen molar-refractivity contribution in [3.63, 3.8) is 0 Å². The Morgan fingerprint density at radius 1 is 0.941 bits per heavy atom. The van der Waals surface area contributed by atoms with Crippen molar-refractivity contribution in [2.75, 3.05) is 13.7 Å². The molecular formula is C23H24F6N2O3. The summed E-state index contributed by atoms with van der Waals surface area (Å²) in [5.41, 5.74) is -4.31. The molecule has 34 heavy (non-hydrogen) atoms. The van der Waals surface area contributed by atoms with Crippen molar-refractivity contribution in [2.24, 2.45) is 0 Å². The highest BCUT2D eigenvalue weighted by molar-refractivity contribution is 5.70. The predicted octanol–water partition coefficient (Wildman–Crippen LogP) is 6.56. The fourth-order valence-electron chi connectivity index (χ4n) is 3.84. The molecule has 1 saturated carbocycles. The number of benzene rings is 1. The molecular weight excluding hydrogens is 466 g/mol. The van der Waals surface area contributed by atoms with Gasteiger partial charge in [-0.3, -0.25) is 9.88 Å². The second-order valence-electron chi connectivity index (χ2n) is 9.19. The first-order valence-corrected chi connectivity index (χ1v) is 10.3. The summed E-state index contributed by atoms with van der Waals surface area (Å²) in [6, 6.07) is 2.66. The van der Waals surface area contributed by atoms with E-state index < -0.39 is 40.7 Å². The quantitative estimate of drug-likeness (QED) is 0.445. The van der Waals surface area contributed by atoms with Crippen LogP contribution in [0.5, 0.6) is 5.75 Å². The molecule has 0 atom stereocenters. The lowest BCUT2D eigenvalue weighted by Crippen LogP contribution is -2.55. The van der Waals surface area contributed by atoms with Gasteiger partial charge in [0.05, 0.1) is 30.0 Å². The third-order valence-corrected chi connectivity index (χ3v) is 5.47. The van der Waals surface area contributed by atoms with Crippen LogP contribution >= 0.6 is 0 Å². The first kappa shape index (κ1) is 25.6. The van der Waals surface area contributed by atoms with Crippen molar-refractivity contribution >= 4 is 6.09 Å². The average Bonchev–Trinajstić information content (AvgIpc) is 3.50. The normalized spacial score (nSPS) is 15.6. The van der Waals surface area contributed by atoms with Gasteiger partial charge in [-0.2, -0.15) is 26.3 Å². The molecule has 1 amide bonds. The van der Waals surface area contributed by atoms with Gasteiger partial charge in [0.1, 0.15) is 12.4 Å². The summed E-state index contributed by atoms with van der Waals surface area (Å²) in [4.78, 5) is 17.9. The summed E-state index contributed by atoms with van der Waals surface area (Å²) in [7, 11) is 1.27. The highest BCUT2D eigenvalue weighted by Gasteiger charge is 2.55. The Morgan fingerprint density at radius 2 is 1.50 bits per heavy atom. The number of amides is 1. The molecule has 1 fully saturated rings. The molecule has 0 aliphatic heterocycles. The number of hydrogen-bond acceptors (Lipinski definition) is 4. The van der Waals surface area contributed by atoms with Crippen molar-refractivity contribution < 1.29 is 40.6 Å². The van der Waals surface area contributed by atoms with Gasteiger partial charge >= 0.3 is 18.4 Å². The molecule has 2 aromatic rings. The molecule has 0 saturated heterocycles. The van der Waals surface area contributed by atoms with Gasteiger partial charge in [-0.25, -0.2) is 4.79 Å². The maximum absolute atomic E-state index is 13.2. The van der Waals surface area contributed by atoms with E-state index in [-0.39, 0.29) is 29.5 Å². The number of nitrogens with zero attached hydrogens (tertiary/aromatic N) is 2. The number of methoxy groups -OCH3 is 1. The van der Waals surface area contributed by atoms with Crippen LogP contribution in [0.15, 0.2) is 36.7 Å². The number of carbonyl (C=O) groups excluding carboxylic acids is 1. The molecule has 1 aliphatic rings. The molecule has 1 aliphatic carbocycles. The Kier molecular flexibility index (Phi) is 6.53. The van der Waals surface area contributed by atoms with Crippen molar-refractivity contribution in [3.8, 4) is 16.9 Å². The van der Waals surface area contributed by atoms with Crippen LogP contribution in [-0.2, 0) is 17.1 Å². The smallest absolute Gasteiger partial charge is 0.416 e. The molecule has 0 bridgehead atoms. The maximum Gasteiger partial charge on any atom is 0.416 e. The highest BCUT2D eigenvalue weighted by Crippen LogP contribution is 2.46. The van der Waals surface area contributed by atoms with E-state index >= 15 is 0 Å². The second kappa shape index (κ2) is 8.66. The number of carbonyl (C=O) groups is 1. The molecule has 3 rings (SSSR count). The van der Waals surface area contributed by atoms with Crippen LogP contribution in [0.1, 0.15) is 44.7 Å². The minimum absolute atomic E-state index is 0.0274. The highest BCUT2D eigenvalue weighted by atomic mass is 19.4. The van der Waals surface area contributed by atoms with E-state index in [4.69, 9.17) is 9.47 Å². The SMILES string of the molecule is COC(=O)N(C(C)(C)C)C1(COc2cncc(-c3cc(C(F)(F)F)cc(C(F)(F)F)c3)c2)CC1. The van der Waals surface area contributed by atoms with Gasteiger partial charge in [-0.05, 0) is 63.4 Å². The Labute approximate surface area is 192 Å². The Hall–Kier alpha value is -2.98. The van der Waals surface area contributed by atoms with Gasteiger partial charge in [0.2, 0.25) is 0 Å². The van der Waals surface area contributed by atoms with Gasteiger partial charge in [-0.15, -0.1) is 0 Å². The zero-order valence-corrected chi connectivity index (χ0v) is 19.0. The maximum atomic E-state index is 13.2. The van der Waals surface area contributed by atoms with E-state index in [1.807, 2.05) is 20.8 Å². The molecule has 0 unspecified atom stereocenters. The summed E-state index contributed by atoms with van der Waals surface area (Å²) < 4.78 is 89.9. The zero-order valence-electron chi connectivity index (χ0n) is 19.0. The number of alkyl halides is 6. The summed E-state index contributed by atoms with van der Waals surface area (Å²) in [6.45, 7) is 5.59. The lowest BCUT2D eigenvalue weighted by Gasteiger charge is -2.40. The number of pyridine rings is 1. The molecule has 11 heteroatoms. The van der Waals surface area contributed by atoms with Gasteiger partial charge in [0.25, 0.3) is 0 Å². The number of ether oxygens (including phenoxy) is 2. The fourth-order valence-corrected chi connectivity index (χ4v) is 3.84. The first-order chi connectivity index (χ1) is 15.6. The predicted molar refractivity (Wildman–Crippen MR) is 111 cm³/mol. The fraction of sp³-hybridized carbons (Fsp3) is 0.478. The standard InChI is InChI=1S/C23H24F6N2O3/c1-20(2,3)31(19(32)33-4)21(5-6-21)13-34-18-9-15(11-30-12-18)14-7-16(22(24,25)26)10-17(8-14)23(27,28)29/h7-12H,5-6,13H2,1-4H3. The van der Waals surface area contributed by atoms with E-state index in [1.54, 1.807) is 4.90 Å². The van der Waals surface area contributed by atoms with E-state index in [1.165, 1.54) is 19.4 Å². The van der Waals surface area contributed by atoms with Crippen LogP contribution in [-0.4, -0.2) is 40.8 Å². The molecule has 0 N–H and O–H groups in total. The number of rotatable bonds is 5. The molecule has 1 heterocycles. The molecule has 1 aromatic carbocycles. The average molecular weight is 490 g/mol. The van der Waals surface area contributed by atoms with Crippen LogP contribution in [0.4, 0.5) is 31.1 Å². The molecule has 0 spiro atoms. The minimum Gasteiger partial charge on any atom is -0.490 e. The third-order valence-electron chi connectivity index (χ3n) is 5.47. The van der Waals surface area contributed by atoms with Crippen LogP contribution in [0.2, 0.25) is 0 Å². The topological polar surface area (TPSA) is 51.7 Å². The zero-order chi connectivity index (χ0) is 25.5. The monoisotopic (exact) mass is 490 g/mol. The van der Waals surface area contributed by atoms with Gasteiger partial charge in [0, 0.05) is 17.3 Å². The van der Waals surface area contributed by atoms with Crippen LogP contribution < -0.4 is 4.74 Å². The van der Waals surface area contributed by atoms with Gasteiger partial charge < -0.3 is 9.47 Å². The number of hydrogen-bond donors (Lipinski definition) is 0. The Bertz CT molecular complexity index is 1020. The summed E-state index contributed by atoms with van der Waals surface area (Å²) in [5.74, 6) is 0.147. The van der Waals surface area contributed by atoms with E-state index in [0.29, 0.717) is 25.0 Å². The van der Waals surface area contributed by atoms with Crippen LogP contribution in [0, 0.1) is 0 Å². The van der Waals surface area contributed by atoms with Gasteiger partial charge in [-0.1, -0.05) is 0 Å². The Morgan fingerprint density at radius 3 is 1.94 bits per heavy atom. The summed E-state index contributed by atoms with van der Waals surface area (Å²) in [5, 5.41) is 0. The first-order valence-electron chi connectivity index (χ1n) is 10.3. The molecule has 5 nitrogen and oxygen atoms in total. The molecule has 1 aromatic heterocycles. The third kappa shape index (κ3) is 5.56. The Balaban J connectivity index is 1.90. The van der Waals surface area contributed by atoms with Crippen molar-refractivity contribution in [1.29, 1.82) is 0 Å². The van der Waals surface area contributed by atoms with Crippen molar-refractivity contribution in [1.82, 2.24) is 9.88 Å². The van der Waals surface area contributed by atoms with Crippen LogP contribution in [0.3, 0.4) is 0 Å². The number of aromatic nitrogens is 1. The van der Waals surface area contributed by atoms with E-state index in [9.17, 15) is 31.1 Å². The minimum atomic E-state index is -4.96. The lowest BCUT2D eigenvalue weighted by molar-refractivity contribution is -0.143. The van der Waals surface area contributed by atoms with Gasteiger partial charge in [0.15, 0.2) is 0 Å². The molecule has 0 radical (unpaired) electrons. The van der Waals surface area contributed by atoms with E-state index in [2.05, 4.69) is 4.98 Å². The van der Waals surface area contributed by atoms with E-state index in [0.717, 1.165) is 6.20 Å². The summed E-state index contributed by atoms with van der Waals surface area (Å²) >= 11 is 0.